The van der Waals surface area contributed by atoms with Crippen LogP contribution in [0.3, 0.4) is 0 Å². The lowest BCUT2D eigenvalue weighted by Crippen LogP contribution is -2.62. The highest BCUT2D eigenvalue weighted by atomic mass is 79.9. The van der Waals surface area contributed by atoms with Gasteiger partial charge in [-0.1, -0.05) is 50.5 Å². The second kappa shape index (κ2) is 6.59. The van der Waals surface area contributed by atoms with Crippen LogP contribution in [0.1, 0.15) is 34.6 Å². The number of hydrogen-bond acceptors (Lipinski definition) is 2. The summed E-state index contributed by atoms with van der Waals surface area (Å²) < 4.78 is 2.28. The van der Waals surface area contributed by atoms with E-state index in [9.17, 15) is 0 Å². The third kappa shape index (κ3) is 4.02. The lowest BCUT2D eigenvalue weighted by Gasteiger charge is -2.48. The van der Waals surface area contributed by atoms with Crippen LogP contribution in [0.25, 0.3) is 0 Å². The zero-order valence-electron chi connectivity index (χ0n) is 13.6. The lowest BCUT2D eigenvalue weighted by molar-refractivity contribution is 0.220. The molecule has 21 heavy (non-hydrogen) atoms. The van der Waals surface area contributed by atoms with Crippen LogP contribution < -0.4 is 10.2 Å². The Morgan fingerprint density at radius 1 is 1.24 bits per heavy atom. The van der Waals surface area contributed by atoms with E-state index in [1.165, 1.54) is 5.69 Å². The van der Waals surface area contributed by atoms with Crippen molar-refractivity contribution in [2.24, 2.45) is 11.3 Å². The van der Waals surface area contributed by atoms with Crippen LogP contribution in [-0.4, -0.2) is 25.2 Å². The van der Waals surface area contributed by atoms with Crippen LogP contribution in [0.5, 0.6) is 0 Å². The van der Waals surface area contributed by atoms with Crippen molar-refractivity contribution in [1.29, 1.82) is 0 Å². The van der Waals surface area contributed by atoms with Crippen molar-refractivity contribution in [1.82, 2.24) is 5.32 Å². The summed E-state index contributed by atoms with van der Waals surface area (Å²) in [6, 6.07) is 7.52. The van der Waals surface area contributed by atoms with Crippen LogP contribution in [0, 0.1) is 11.3 Å². The monoisotopic (exact) mass is 416 g/mol. The lowest BCUT2D eigenvalue weighted by atomic mass is 9.83. The zero-order valence-corrected chi connectivity index (χ0v) is 16.8. The third-order valence-corrected chi connectivity index (χ3v) is 5.52. The highest BCUT2D eigenvalue weighted by molar-refractivity contribution is 9.11. The summed E-state index contributed by atoms with van der Waals surface area (Å²) in [6.07, 6.45) is 0. The molecule has 2 unspecified atom stereocenters. The first-order chi connectivity index (χ1) is 9.70. The SMILES string of the molecule is CC(C)C1CNC(C(C)(C)C)CN1c1ccc(Br)cc1Br. The summed E-state index contributed by atoms with van der Waals surface area (Å²) in [5, 5.41) is 3.75. The maximum absolute atomic E-state index is 3.75. The van der Waals surface area contributed by atoms with Crippen molar-refractivity contribution in [2.75, 3.05) is 18.0 Å². The topological polar surface area (TPSA) is 15.3 Å². The van der Waals surface area contributed by atoms with E-state index >= 15 is 0 Å². The van der Waals surface area contributed by atoms with E-state index in [1.54, 1.807) is 0 Å². The van der Waals surface area contributed by atoms with Gasteiger partial charge in [-0.3, -0.25) is 0 Å². The molecule has 0 aromatic heterocycles. The molecule has 1 aliphatic heterocycles. The maximum atomic E-state index is 3.75. The molecule has 0 spiro atoms. The molecule has 2 rings (SSSR count). The predicted molar refractivity (Wildman–Crippen MR) is 99.1 cm³/mol. The van der Waals surface area contributed by atoms with Crippen LogP contribution in [0.2, 0.25) is 0 Å². The normalized spacial score (nSPS) is 23.7. The van der Waals surface area contributed by atoms with Gasteiger partial charge in [0.15, 0.2) is 0 Å². The van der Waals surface area contributed by atoms with E-state index in [0.29, 0.717) is 18.0 Å². The van der Waals surface area contributed by atoms with Crippen molar-refractivity contribution < 1.29 is 0 Å². The molecule has 0 amide bonds. The van der Waals surface area contributed by atoms with E-state index in [1.807, 2.05) is 0 Å². The molecule has 1 saturated heterocycles. The van der Waals surface area contributed by atoms with Crippen LogP contribution in [0.4, 0.5) is 5.69 Å². The number of halogens is 2. The summed E-state index contributed by atoms with van der Waals surface area (Å²) in [5.74, 6) is 0.619. The number of nitrogens with zero attached hydrogens (tertiary/aromatic N) is 1. The zero-order chi connectivity index (χ0) is 15.8. The van der Waals surface area contributed by atoms with E-state index in [0.717, 1.165) is 22.0 Å². The van der Waals surface area contributed by atoms with Gasteiger partial charge in [0.2, 0.25) is 0 Å². The van der Waals surface area contributed by atoms with Crippen LogP contribution >= 0.6 is 31.9 Å². The first kappa shape index (κ1) is 17.3. The number of benzene rings is 1. The van der Waals surface area contributed by atoms with Gasteiger partial charge in [-0.25, -0.2) is 0 Å². The van der Waals surface area contributed by atoms with E-state index < -0.39 is 0 Å². The molecule has 1 fully saturated rings. The van der Waals surface area contributed by atoms with Gasteiger partial charge in [-0.15, -0.1) is 0 Å². The van der Waals surface area contributed by atoms with Crippen molar-refractivity contribution in [3.8, 4) is 0 Å². The highest BCUT2D eigenvalue weighted by Crippen LogP contribution is 2.35. The van der Waals surface area contributed by atoms with Crippen molar-refractivity contribution in [3.63, 3.8) is 0 Å². The van der Waals surface area contributed by atoms with Crippen molar-refractivity contribution >= 4 is 37.5 Å². The second-order valence-corrected chi connectivity index (χ2v) is 9.16. The predicted octanol–water partition coefficient (Wildman–Crippen LogP) is 5.06. The van der Waals surface area contributed by atoms with Gasteiger partial charge in [0, 0.05) is 34.1 Å². The number of piperazine rings is 1. The minimum absolute atomic E-state index is 0.266. The fraction of sp³-hybridized carbons (Fsp3) is 0.647. The summed E-state index contributed by atoms with van der Waals surface area (Å²) in [5.41, 5.74) is 1.56. The van der Waals surface area contributed by atoms with E-state index in [-0.39, 0.29) is 5.41 Å². The molecule has 1 N–H and O–H groups in total. The van der Waals surface area contributed by atoms with Gasteiger partial charge < -0.3 is 10.2 Å². The molecule has 0 bridgehead atoms. The molecule has 1 aromatic carbocycles. The van der Waals surface area contributed by atoms with Crippen molar-refractivity contribution in [3.05, 3.63) is 27.1 Å². The Morgan fingerprint density at radius 2 is 1.90 bits per heavy atom. The average molecular weight is 418 g/mol. The van der Waals surface area contributed by atoms with Gasteiger partial charge >= 0.3 is 0 Å². The fourth-order valence-electron chi connectivity index (χ4n) is 2.94. The molecule has 118 valence electrons. The van der Waals surface area contributed by atoms with Gasteiger partial charge in [0.25, 0.3) is 0 Å². The highest BCUT2D eigenvalue weighted by Gasteiger charge is 2.35. The largest absolute Gasteiger partial charge is 0.365 e. The number of anilines is 1. The van der Waals surface area contributed by atoms with Crippen LogP contribution in [0.15, 0.2) is 27.1 Å². The number of nitrogens with one attached hydrogen (secondary N) is 1. The van der Waals surface area contributed by atoms with Gasteiger partial charge in [-0.2, -0.15) is 0 Å². The molecule has 1 heterocycles. The molecule has 1 aliphatic rings. The van der Waals surface area contributed by atoms with Gasteiger partial charge in [0.1, 0.15) is 0 Å². The third-order valence-electron chi connectivity index (χ3n) is 4.39. The first-order valence-electron chi connectivity index (χ1n) is 7.65. The molecule has 1 aromatic rings. The second-order valence-electron chi connectivity index (χ2n) is 7.39. The van der Waals surface area contributed by atoms with E-state index in [2.05, 4.69) is 94.9 Å². The standard InChI is InChI=1S/C17H26Br2N2/c1-11(2)15-9-20-16(17(3,4)5)10-21(15)14-7-6-12(18)8-13(14)19/h6-8,11,15-16,20H,9-10H2,1-5H3. The Labute approximate surface area is 145 Å². The number of hydrogen-bond donors (Lipinski definition) is 1. The summed E-state index contributed by atoms with van der Waals surface area (Å²) in [6.45, 7) is 13.7. The first-order valence-corrected chi connectivity index (χ1v) is 9.24. The summed E-state index contributed by atoms with van der Waals surface area (Å²) in [4.78, 5) is 2.58. The summed E-state index contributed by atoms with van der Waals surface area (Å²) >= 11 is 7.28. The van der Waals surface area contributed by atoms with Crippen LogP contribution in [-0.2, 0) is 0 Å². The molecular weight excluding hydrogens is 392 g/mol. The Bertz CT molecular complexity index is 494. The smallest absolute Gasteiger partial charge is 0.0515 e. The average Bonchev–Trinajstić information content (AvgIpc) is 2.37. The molecule has 0 saturated carbocycles. The molecular formula is C17H26Br2N2. The minimum atomic E-state index is 0.266. The molecule has 2 atom stereocenters. The Balaban J connectivity index is 2.34. The Hall–Kier alpha value is -0.0600. The quantitative estimate of drug-likeness (QED) is 0.723. The molecule has 2 nitrogen and oxygen atoms in total. The molecule has 4 heteroatoms. The molecule has 0 aliphatic carbocycles. The Kier molecular flexibility index (Phi) is 5.43. The number of rotatable bonds is 2. The van der Waals surface area contributed by atoms with Gasteiger partial charge in [-0.05, 0) is 45.5 Å². The van der Waals surface area contributed by atoms with Crippen molar-refractivity contribution in [2.45, 2.75) is 46.7 Å². The summed E-state index contributed by atoms with van der Waals surface area (Å²) in [7, 11) is 0. The molecule has 0 radical (unpaired) electrons. The maximum Gasteiger partial charge on any atom is 0.0515 e. The van der Waals surface area contributed by atoms with Gasteiger partial charge in [0.05, 0.1) is 5.69 Å². The fourth-order valence-corrected chi connectivity index (χ4v) is 4.21. The Morgan fingerprint density at radius 3 is 2.43 bits per heavy atom. The van der Waals surface area contributed by atoms with E-state index in [4.69, 9.17) is 0 Å². The minimum Gasteiger partial charge on any atom is -0.365 e.